The maximum absolute atomic E-state index is 9.43. The van der Waals surface area contributed by atoms with E-state index in [1.807, 2.05) is 0 Å². The maximum atomic E-state index is 9.43. The van der Waals surface area contributed by atoms with E-state index in [1.165, 1.54) is 29.7 Å². The van der Waals surface area contributed by atoms with E-state index in [9.17, 15) is 5.26 Å². The van der Waals surface area contributed by atoms with Crippen LogP contribution in [-0.2, 0) is 0 Å². The summed E-state index contributed by atoms with van der Waals surface area (Å²) in [4.78, 5) is 1.24. The molecule has 2 aliphatic carbocycles. The van der Waals surface area contributed by atoms with Gasteiger partial charge in [-0.3, -0.25) is 0 Å². The molecule has 3 rings (SSSR count). The molecular formula is C15H17NS. The zero-order valence-electron chi connectivity index (χ0n) is 10.2. The number of thioether (sulfide) groups is 1. The molecular weight excluding hydrogens is 226 g/mol. The molecule has 0 saturated heterocycles. The van der Waals surface area contributed by atoms with Gasteiger partial charge >= 0.3 is 0 Å². The molecule has 1 spiro atoms. The van der Waals surface area contributed by atoms with Gasteiger partial charge in [-0.1, -0.05) is 24.1 Å². The highest BCUT2D eigenvalue weighted by molar-refractivity contribution is 8.01. The number of hydrogen-bond acceptors (Lipinski definition) is 2. The van der Waals surface area contributed by atoms with Crippen LogP contribution in [0.1, 0.15) is 37.7 Å². The summed E-state index contributed by atoms with van der Waals surface area (Å²) in [5.74, 6) is 0. The van der Waals surface area contributed by atoms with Crippen LogP contribution >= 0.6 is 11.8 Å². The van der Waals surface area contributed by atoms with Crippen LogP contribution in [-0.4, -0.2) is 4.75 Å². The molecule has 0 amide bonds. The van der Waals surface area contributed by atoms with Crippen molar-refractivity contribution in [3.05, 3.63) is 29.8 Å². The van der Waals surface area contributed by atoms with Crippen molar-refractivity contribution in [1.29, 1.82) is 5.26 Å². The van der Waals surface area contributed by atoms with Crippen LogP contribution in [0.2, 0.25) is 0 Å². The summed E-state index contributed by atoms with van der Waals surface area (Å²) >= 11 is 1.78. The molecule has 1 nitrogen and oxygen atoms in total. The van der Waals surface area contributed by atoms with Gasteiger partial charge in [-0.25, -0.2) is 0 Å². The van der Waals surface area contributed by atoms with Crippen molar-refractivity contribution in [3.8, 4) is 6.07 Å². The third kappa shape index (κ3) is 1.87. The highest BCUT2D eigenvalue weighted by Gasteiger charge is 2.58. The minimum Gasteiger partial charge on any atom is -0.197 e. The van der Waals surface area contributed by atoms with Crippen molar-refractivity contribution in [2.75, 3.05) is 0 Å². The average Bonchev–Trinajstić information content (AvgIpc) is 2.23. The average molecular weight is 243 g/mol. The smallest absolute Gasteiger partial charge is 0.108 e. The van der Waals surface area contributed by atoms with Crippen LogP contribution in [0, 0.1) is 23.7 Å². The fourth-order valence-corrected chi connectivity index (χ4v) is 4.72. The second-order valence-corrected chi connectivity index (χ2v) is 7.19. The number of rotatable bonds is 2. The highest BCUT2D eigenvalue weighted by atomic mass is 32.2. The minimum absolute atomic E-state index is 0.129. The predicted molar refractivity (Wildman–Crippen MR) is 70.9 cm³/mol. The first-order chi connectivity index (χ1) is 8.15. The third-order valence-electron chi connectivity index (χ3n) is 4.27. The van der Waals surface area contributed by atoms with Gasteiger partial charge in [0.1, 0.15) is 4.75 Å². The molecule has 0 N–H and O–H groups in total. The fraction of sp³-hybridized carbons (Fsp3) is 0.533. The molecule has 0 aromatic heterocycles. The number of nitrogens with zero attached hydrogens (tertiary/aromatic N) is 1. The van der Waals surface area contributed by atoms with E-state index in [0.717, 1.165) is 12.8 Å². The van der Waals surface area contributed by atoms with Gasteiger partial charge in [-0.2, -0.15) is 5.26 Å². The molecule has 2 heteroatoms. The first kappa shape index (κ1) is 11.2. The SMILES string of the molecule is Cc1ccc(SC2(C#N)CC3(CCC3)C2)cc1. The molecule has 1 aromatic carbocycles. The van der Waals surface area contributed by atoms with Crippen molar-refractivity contribution >= 4 is 11.8 Å². The van der Waals surface area contributed by atoms with Crippen molar-refractivity contribution in [1.82, 2.24) is 0 Å². The quantitative estimate of drug-likeness (QED) is 0.772. The van der Waals surface area contributed by atoms with E-state index >= 15 is 0 Å². The third-order valence-corrected chi connectivity index (χ3v) is 5.55. The van der Waals surface area contributed by atoms with Crippen LogP contribution in [0.5, 0.6) is 0 Å². The first-order valence-corrected chi connectivity index (χ1v) is 7.14. The van der Waals surface area contributed by atoms with E-state index in [0.29, 0.717) is 5.41 Å². The summed E-state index contributed by atoms with van der Waals surface area (Å²) in [6.45, 7) is 2.10. The molecule has 2 fully saturated rings. The summed E-state index contributed by atoms with van der Waals surface area (Å²) in [5.41, 5.74) is 1.84. The van der Waals surface area contributed by atoms with Crippen LogP contribution in [0.15, 0.2) is 29.2 Å². The van der Waals surface area contributed by atoms with Gasteiger partial charge in [0.05, 0.1) is 6.07 Å². The molecule has 0 heterocycles. The Labute approximate surface area is 107 Å². The Bertz CT molecular complexity index is 457. The van der Waals surface area contributed by atoms with Crippen molar-refractivity contribution in [2.45, 2.75) is 48.7 Å². The number of aryl methyl sites for hydroxylation is 1. The highest BCUT2D eigenvalue weighted by Crippen LogP contribution is 2.65. The van der Waals surface area contributed by atoms with Crippen LogP contribution in [0.3, 0.4) is 0 Å². The monoisotopic (exact) mass is 243 g/mol. The van der Waals surface area contributed by atoms with Gasteiger partial charge in [-0.15, -0.1) is 11.8 Å². The van der Waals surface area contributed by atoms with Crippen LogP contribution in [0.25, 0.3) is 0 Å². The molecule has 17 heavy (non-hydrogen) atoms. The molecule has 88 valence electrons. The molecule has 0 bridgehead atoms. The van der Waals surface area contributed by atoms with Crippen LogP contribution in [0.4, 0.5) is 0 Å². The summed E-state index contributed by atoms with van der Waals surface area (Å²) in [7, 11) is 0. The molecule has 0 atom stereocenters. The second kappa shape index (κ2) is 3.78. The molecule has 2 aliphatic rings. The number of hydrogen-bond donors (Lipinski definition) is 0. The lowest BCUT2D eigenvalue weighted by Crippen LogP contribution is -2.52. The van der Waals surface area contributed by atoms with E-state index in [2.05, 4.69) is 37.3 Å². The van der Waals surface area contributed by atoms with Crippen molar-refractivity contribution < 1.29 is 0 Å². The number of benzene rings is 1. The van der Waals surface area contributed by atoms with E-state index in [-0.39, 0.29) is 4.75 Å². The Morgan fingerprint density at radius 3 is 2.29 bits per heavy atom. The zero-order valence-corrected chi connectivity index (χ0v) is 11.0. The Balaban J connectivity index is 1.71. The molecule has 2 saturated carbocycles. The molecule has 1 aromatic rings. The Hall–Kier alpha value is -0.940. The first-order valence-electron chi connectivity index (χ1n) is 6.32. The summed E-state index contributed by atoms with van der Waals surface area (Å²) in [5, 5.41) is 9.43. The van der Waals surface area contributed by atoms with Crippen molar-refractivity contribution in [2.24, 2.45) is 5.41 Å². The molecule has 0 radical (unpaired) electrons. The normalized spacial score (nSPS) is 23.5. The molecule has 0 unspecified atom stereocenters. The van der Waals surface area contributed by atoms with E-state index in [4.69, 9.17) is 0 Å². The van der Waals surface area contributed by atoms with E-state index in [1.54, 1.807) is 11.8 Å². The lowest BCUT2D eigenvalue weighted by Gasteiger charge is -2.57. The van der Waals surface area contributed by atoms with Gasteiger partial charge in [-0.05, 0) is 50.2 Å². The predicted octanol–water partition coefficient (Wildman–Crippen LogP) is 4.31. The van der Waals surface area contributed by atoms with Gasteiger partial charge in [0.15, 0.2) is 0 Å². The van der Waals surface area contributed by atoms with Gasteiger partial charge in [0, 0.05) is 4.90 Å². The Morgan fingerprint density at radius 2 is 1.82 bits per heavy atom. The zero-order chi connectivity index (χ0) is 11.9. The summed E-state index contributed by atoms with van der Waals surface area (Å²) in [6, 6.07) is 11.1. The largest absolute Gasteiger partial charge is 0.197 e. The van der Waals surface area contributed by atoms with Gasteiger partial charge in [0.25, 0.3) is 0 Å². The fourth-order valence-electron chi connectivity index (χ4n) is 3.20. The lowest BCUT2D eigenvalue weighted by molar-refractivity contribution is 0.0152. The topological polar surface area (TPSA) is 23.8 Å². The van der Waals surface area contributed by atoms with Crippen LogP contribution < -0.4 is 0 Å². The second-order valence-electron chi connectivity index (χ2n) is 5.73. The number of nitriles is 1. The lowest BCUT2D eigenvalue weighted by atomic mass is 9.52. The van der Waals surface area contributed by atoms with Gasteiger partial charge in [0.2, 0.25) is 0 Å². The summed E-state index contributed by atoms with van der Waals surface area (Å²) < 4.78 is -0.129. The Kier molecular flexibility index (Phi) is 2.48. The minimum atomic E-state index is -0.129. The van der Waals surface area contributed by atoms with E-state index < -0.39 is 0 Å². The van der Waals surface area contributed by atoms with Crippen molar-refractivity contribution in [3.63, 3.8) is 0 Å². The Morgan fingerprint density at radius 1 is 1.18 bits per heavy atom. The maximum Gasteiger partial charge on any atom is 0.108 e. The summed E-state index contributed by atoms with van der Waals surface area (Å²) in [6.07, 6.45) is 6.29. The standard InChI is InChI=1S/C15H17NS/c1-12-3-5-13(6-4-12)17-15(11-16)9-14(10-15)7-2-8-14/h3-6H,2,7-10H2,1H3. The molecule has 0 aliphatic heterocycles. The van der Waals surface area contributed by atoms with Gasteiger partial charge < -0.3 is 0 Å².